The number of allylic oxidation sites excluding steroid dienone is 1. The third kappa shape index (κ3) is 2.21. The fourth-order valence-electron chi connectivity index (χ4n) is 1.68. The first kappa shape index (κ1) is 11.4. The third-order valence-electron chi connectivity index (χ3n) is 2.43. The molecule has 0 fully saturated rings. The monoisotopic (exact) mass is 206 g/mol. The molecule has 0 nitrogen and oxygen atoms in total. The van der Waals surface area contributed by atoms with E-state index < -0.39 is 0 Å². The number of hydrogen-bond acceptors (Lipinski definition) is 1. The molecule has 0 aliphatic rings. The second-order valence-corrected chi connectivity index (χ2v) is 4.44. The highest BCUT2D eigenvalue weighted by atomic mass is 32.2. The van der Waals surface area contributed by atoms with Gasteiger partial charge in [0.2, 0.25) is 0 Å². The molecular weight excluding hydrogens is 188 g/mol. The number of thioether (sulfide) groups is 1. The summed E-state index contributed by atoms with van der Waals surface area (Å²) in [6, 6.07) is 4.48. The number of benzene rings is 1. The van der Waals surface area contributed by atoms with Gasteiger partial charge in [-0.1, -0.05) is 31.2 Å². The Morgan fingerprint density at radius 3 is 2.50 bits per heavy atom. The maximum absolute atomic E-state index is 4.12. The zero-order chi connectivity index (χ0) is 10.7. The molecule has 0 N–H and O–H groups in total. The normalized spacial score (nSPS) is 10.3. The first-order chi connectivity index (χ1) is 6.60. The van der Waals surface area contributed by atoms with Crippen LogP contribution in [0.4, 0.5) is 0 Å². The topological polar surface area (TPSA) is 0 Å². The van der Waals surface area contributed by atoms with Crippen molar-refractivity contribution in [3.8, 4) is 0 Å². The summed E-state index contributed by atoms with van der Waals surface area (Å²) in [6.07, 6.45) is 3.15. The van der Waals surface area contributed by atoms with E-state index in [1.807, 2.05) is 11.8 Å². The van der Waals surface area contributed by atoms with E-state index in [2.05, 4.69) is 45.7 Å². The van der Waals surface area contributed by atoms with E-state index in [9.17, 15) is 0 Å². The fraction of sp³-hybridized carbons (Fsp3) is 0.385. The first-order valence-electron chi connectivity index (χ1n) is 4.93. The third-order valence-corrected chi connectivity index (χ3v) is 3.38. The van der Waals surface area contributed by atoms with E-state index in [0.717, 1.165) is 6.42 Å². The molecule has 0 saturated carbocycles. The quantitative estimate of drug-likeness (QED) is 0.658. The van der Waals surface area contributed by atoms with Crippen molar-refractivity contribution in [2.75, 3.05) is 6.26 Å². The molecule has 14 heavy (non-hydrogen) atoms. The summed E-state index contributed by atoms with van der Waals surface area (Å²) in [7, 11) is 0. The summed E-state index contributed by atoms with van der Waals surface area (Å²) >= 11 is 1.81. The molecule has 0 aliphatic carbocycles. The second-order valence-electron chi connectivity index (χ2n) is 3.62. The lowest BCUT2D eigenvalue weighted by Gasteiger charge is -2.13. The van der Waals surface area contributed by atoms with Crippen LogP contribution in [-0.2, 0) is 0 Å². The Labute approximate surface area is 91.4 Å². The second kappa shape index (κ2) is 4.70. The van der Waals surface area contributed by atoms with Gasteiger partial charge in [0.15, 0.2) is 0 Å². The molecule has 0 amide bonds. The van der Waals surface area contributed by atoms with E-state index >= 15 is 0 Å². The standard InChI is InChI=1S/C13H18S/c1-6-10(3)12-8-9(2)7-11(4)13(12)14-5/h7-8H,3,6H2,1-2,4-5H3. The Balaban J connectivity index is 3.32. The van der Waals surface area contributed by atoms with E-state index in [0.29, 0.717) is 0 Å². The summed E-state index contributed by atoms with van der Waals surface area (Å²) in [5, 5.41) is 0. The average Bonchev–Trinajstić information content (AvgIpc) is 2.15. The Morgan fingerprint density at radius 2 is 2.00 bits per heavy atom. The van der Waals surface area contributed by atoms with Crippen LogP contribution in [0, 0.1) is 13.8 Å². The van der Waals surface area contributed by atoms with Crippen LogP contribution in [0.3, 0.4) is 0 Å². The van der Waals surface area contributed by atoms with Crippen LogP contribution in [0.5, 0.6) is 0 Å². The van der Waals surface area contributed by atoms with E-state index in [4.69, 9.17) is 0 Å². The van der Waals surface area contributed by atoms with Crippen molar-refractivity contribution >= 4 is 17.3 Å². The Hall–Kier alpha value is -0.690. The van der Waals surface area contributed by atoms with Gasteiger partial charge in [0.25, 0.3) is 0 Å². The zero-order valence-electron chi connectivity index (χ0n) is 9.48. The zero-order valence-corrected chi connectivity index (χ0v) is 10.3. The summed E-state index contributed by atoms with van der Waals surface area (Å²) < 4.78 is 0. The number of hydrogen-bond donors (Lipinski definition) is 0. The molecule has 0 aromatic heterocycles. The lowest BCUT2D eigenvalue weighted by atomic mass is 10.0. The van der Waals surface area contributed by atoms with Crippen LogP contribution in [0.1, 0.15) is 30.0 Å². The van der Waals surface area contributed by atoms with Crippen LogP contribution >= 0.6 is 11.8 Å². The van der Waals surface area contributed by atoms with Gasteiger partial charge in [0, 0.05) is 4.90 Å². The van der Waals surface area contributed by atoms with Crippen molar-refractivity contribution < 1.29 is 0 Å². The molecule has 0 heterocycles. The summed E-state index contributed by atoms with van der Waals surface area (Å²) in [4.78, 5) is 1.38. The Morgan fingerprint density at radius 1 is 1.36 bits per heavy atom. The lowest BCUT2D eigenvalue weighted by Crippen LogP contribution is -1.91. The van der Waals surface area contributed by atoms with Gasteiger partial charge in [-0.05, 0) is 43.2 Å². The largest absolute Gasteiger partial charge is 0.129 e. The first-order valence-corrected chi connectivity index (χ1v) is 6.16. The van der Waals surface area contributed by atoms with Gasteiger partial charge >= 0.3 is 0 Å². The maximum atomic E-state index is 4.12. The lowest BCUT2D eigenvalue weighted by molar-refractivity contribution is 1.18. The van der Waals surface area contributed by atoms with Gasteiger partial charge in [-0.3, -0.25) is 0 Å². The van der Waals surface area contributed by atoms with Gasteiger partial charge in [-0.15, -0.1) is 11.8 Å². The molecule has 0 saturated heterocycles. The summed E-state index contributed by atoms with van der Waals surface area (Å²) in [6.45, 7) is 10.6. The molecule has 1 aromatic rings. The smallest absolute Gasteiger partial charge is 0.0174 e. The predicted molar refractivity (Wildman–Crippen MR) is 67.0 cm³/mol. The molecule has 0 unspecified atom stereocenters. The van der Waals surface area contributed by atoms with Crippen molar-refractivity contribution in [3.05, 3.63) is 35.4 Å². The Bertz CT molecular complexity index is 350. The van der Waals surface area contributed by atoms with Crippen molar-refractivity contribution in [2.45, 2.75) is 32.1 Å². The van der Waals surface area contributed by atoms with Crippen LogP contribution in [0.15, 0.2) is 23.6 Å². The summed E-state index contributed by atoms with van der Waals surface area (Å²) in [5.41, 5.74) is 5.26. The van der Waals surface area contributed by atoms with E-state index in [-0.39, 0.29) is 0 Å². The average molecular weight is 206 g/mol. The minimum atomic E-state index is 1.02. The molecule has 0 aliphatic heterocycles. The molecule has 0 atom stereocenters. The molecule has 0 spiro atoms. The van der Waals surface area contributed by atoms with E-state index in [1.165, 1.54) is 27.2 Å². The highest BCUT2D eigenvalue weighted by molar-refractivity contribution is 7.98. The van der Waals surface area contributed by atoms with Gasteiger partial charge < -0.3 is 0 Å². The van der Waals surface area contributed by atoms with Crippen LogP contribution < -0.4 is 0 Å². The van der Waals surface area contributed by atoms with Crippen molar-refractivity contribution in [1.29, 1.82) is 0 Å². The van der Waals surface area contributed by atoms with Crippen molar-refractivity contribution in [1.82, 2.24) is 0 Å². The minimum absolute atomic E-state index is 1.02. The number of aryl methyl sites for hydroxylation is 2. The maximum Gasteiger partial charge on any atom is 0.0174 e. The highest BCUT2D eigenvalue weighted by Crippen LogP contribution is 2.31. The van der Waals surface area contributed by atoms with Gasteiger partial charge in [0.1, 0.15) is 0 Å². The molecule has 1 rings (SSSR count). The fourth-order valence-corrected chi connectivity index (χ4v) is 2.48. The van der Waals surface area contributed by atoms with Crippen molar-refractivity contribution in [2.24, 2.45) is 0 Å². The predicted octanol–water partition coefficient (Wildman–Crippen LogP) is 4.45. The number of rotatable bonds is 3. The van der Waals surface area contributed by atoms with Gasteiger partial charge in [-0.2, -0.15) is 0 Å². The molecule has 76 valence electrons. The van der Waals surface area contributed by atoms with Crippen LogP contribution in [0.25, 0.3) is 5.57 Å². The SMILES string of the molecule is C=C(CC)c1cc(C)cc(C)c1SC. The van der Waals surface area contributed by atoms with Crippen LogP contribution in [0.2, 0.25) is 0 Å². The minimum Gasteiger partial charge on any atom is -0.129 e. The highest BCUT2D eigenvalue weighted by Gasteiger charge is 2.07. The van der Waals surface area contributed by atoms with Crippen molar-refractivity contribution in [3.63, 3.8) is 0 Å². The molecule has 1 aromatic carbocycles. The van der Waals surface area contributed by atoms with Crippen LogP contribution in [-0.4, -0.2) is 6.26 Å². The molecule has 0 bridgehead atoms. The van der Waals surface area contributed by atoms with Gasteiger partial charge in [-0.25, -0.2) is 0 Å². The molecule has 1 heteroatoms. The Kier molecular flexibility index (Phi) is 3.82. The summed E-state index contributed by atoms with van der Waals surface area (Å²) in [5.74, 6) is 0. The van der Waals surface area contributed by atoms with Gasteiger partial charge in [0.05, 0.1) is 0 Å². The van der Waals surface area contributed by atoms with E-state index in [1.54, 1.807) is 0 Å². The molecular formula is C13H18S. The molecule has 0 radical (unpaired) electrons.